The molecule has 154 valence electrons. The van der Waals surface area contributed by atoms with E-state index in [1.807, 2.05) is 60.1 Å². The number of hydrogen-bond acceptors (Lipinski definition) is 5. The van der Waals surface area contributed by atoms with E-state index in [1.54, 1.807) is 0 Å². The van der Waals surface area contributed by atoms with Crippen LogP contribution >= 0.6 is 11.8 Å². The van der Waals surface area contributed by atoms with E-state index in [0.29, 0.717) is 29.7 Å². The van der Waals surface area contributed by atoms with Gasteiger partial charge in [-0.1, -0.05) is 50.3 Å². The molecule has 29 heavy (non-hydrogen) atoms. The highest BCUT2D eigenvalue weighted by atomic mass is 32.2. The average molecular weight is 411 g/mol. The van der Waals surface area contributed by atoms with Gasteiger partial charge in [0.25, 0.3) is 6.01 Å². The molecular formula is C24H30N2O2S. The minimum atomic E-state index is 0.451. The maximum Gasteiger partial charge on any atom is 0.298 e. The Hall–Kier alpha value is -2.40. The number of thioether (sulfide) groups is 1. The monoisotopic (exact) mass is 410 g/mol. The van der Waals surface area contributed by atoms with Crippen LogP contribution in [0.15, 0.2) is 65.1 Å². The zero-order chi connectivity index (χ0) is 20.8. The highest BCUT2D eigenvalue weighted by Crippen LogP contribution is 2.27. The topological polar surface area (TPSA) is 38.5 Å². The van der Waals surface area contributed by atoms with Gasteiger partial charge in [-0.25, -0.2) is 0 Å². The fraction of sp³-hybridized carbons (Fsp3) is 0.375. The first-order valence-corrected chi connectivity index (χ1v) is 11.0. The predicted molar refractivity (Wildman–Crippen MR) is 124 cm³/mol. The van der Waals surface area contributed by atoms with E-state index in [2.05, 4.69) is 44.5 Å². The molecule has 0 radical (unpaired) electrons. The molecule has 1 unspecified atom stereocenters. The first-order chi connectivity index (χ1) is 13.9. The summed E-state index contributed by atoms with van der Waals surface area (Å²) >= 11 is 1.97. The van der Waals surface area contributed by atoms with Crippen LogP contribution in [-0.4, -0.2) is 35.7 Å². The number of fused-ring (bicyclic) bond motifs is 1. The zero-order valence-electron chi connectivity index (χ0n) is 17.7. The SMILES string of the molecule is C=C(C)C(Cc1ccc(OCCN(C)c2nc3ccccc3o2)cc1)SC(C)C. The lowest BCUT2D eigenvalue weighted by Crippen LogP contribution is -2.23. The van der Waals surface area contributed by atoms with Gasteiger partial charge in [0.1, 0.15) is 17.9 Å². The molecule has 1 aromatic heterocycles. The third kappa shape index (κ3) is 6.04. The molecule has 4 nitrogen and oxygen atoms in total. The van der Waals surface area contributed by atoms with Crippen molar-refractivity contribution >= 4 is 28.9 Å². The molecule has 3 rings (SSSR count). The molecule has 1 atom stereocenters. The van der Waals surface area contributed by atoms with Crippen molar-refractivity contribution < 1.29 is 9.15 Å². The smallest absolute Gasteiger partial charge is 0.298 e. The van der Waals surface area contributed by atoms with E-state index in [4.69, 9.17) is 9.15 Å². The van der Waals surface area contributed by atoms with Gasteiger partial charge in [-0.3, -0.25) is 0 Å². The summed E-state index contributed by atoms with van der Waals surface area (Å²) in [5.41, 5.74) is 4.21. The summed E-state index contributed by atoms with van der Waals surface area (Å²) in [4.78, 5) is 6.47. The number of aromatic nitrogens is 1. The molecule has 2 aromatic carbocycles. The predicted octanol–water partition coefficient (Wildman–Crippen LogP) is 5.97. The van der Waals surface area contributed by atoms with Crippen molar-refractivity contribution in [3.05, 3.63) is 66.2 Å². The standard InChI is InChI=1S/C24H30N2O2S/c1-17(2)23(29-18(3)4)16-19-10-12-20(13-11-19)27-15-14-26(5)24-25-21-8-6-7-9-22(21)28-24/h6-13,18,23H,1,14-16H2,2-5H3. The second-order valence-electron chi connectivity index (χ2n) is 7.60. The number of hydrogen-bond donors (Lipinski definition) is 0. The summed E-state index contributed by atoms with van der Waals surface area (Å²) < 4.78 is 11.7. The van der Waals surface area contributed by atoms with Crippen molar-refractivity contribution in [3.63, 3.8) is 0 Å². The number of nitrogens with zero attached hydrogens (tertiary/aromatic N) is 2. The summed E-state index contributed by atoms with van der Waals surface area (Å²) in [6, 6.07) is 16.8. The van der Waals surface area contributed by atoms with Crippen molar-refractivity contribution in [1.29, 1.82) is 0 Å². The molecule has 0 spiro atoms. The Bertz CT molecular complexity index is 900. The molecule has 0 amide bonds. The molecule has 5 heteroatoms. The van der Waals surface area contributed by atoms with Gasteiger partial charge in [0, 0.05) is 12.3 Å². The fourth-order valence-electron chi connectivity index (χ4n) is 3.02. The lowest BCUT2D eigenvalue weighted by atomic mass is 10.1. The number of oxazole rings is 1. The van der Waals surface area contributed by atoms with Crippen LogP contribution in [0.4, 0.5) is 6.01 Å². The molecule has 1 heterocycles. The highest BCUT2D eigenvalue weighted by Gasteiger charge is 2.13. The summed E-state index contributed by atoms with van der Waals surface area (Å²) in [6.07, 6.45) is 0.999. The second-order valence-corrected chi connectivity index (χ2v) is 9.39. The van der Waals surface area contributed by atoms with Gasteiger partial charge in [0.2, 0.25) is 0 Å². The van der Waals surface area contributed by atoms with E-state index in [0.717, 1.165) is 23.3 Å². The van der Waals surface area contributed by atoms with E-state index < -0.39 is 0 Å². The van der Waals surface area contributed by atoms with Crippen LogP contribution in [0.3, 0.4) is 0 Å². The Morgan fingerprint density at radius 1 is 1.17 bits per heavy atom. The Kier molecular flexibility index (Phi) is 7.26. The molecule has 0 aliphatic rings. The number of benzene rings is 2. The molecule has 0 aliphatic heterocycles. The van der Waals surface area contributed by atoms with Crippen molar-refractivity contribution in [2.24, 2.45) is 0 Å². The van der Waals surface area contributed by atoms with E-state index in [1.165, 1.54) is 11.1 Å². The summed E-state index contributed by atoms with van der Waals surface area (Å²) in [5, 5.41) is 1.05. The molecule has 0 fully saturated rings. The third-order valence-electron chi connectivity index (χ3n) is 4.64. The number of rotatable bonds is 10. The largest absolute Gasteiger partial charge is 0.492 e. The van der Waals surface area contributed by atoms with Gasteiger partial charge in [0.05, 0.1) is 6.54 Å². The number of anilines is 1. The third-order valence-corrected chi connectivity index (χ3v) is 6.08. The van der Waals surface area contributed by atoms with Crippen LogP contribution in [0, 0.1) is 0 Å². The van der Waals surface area contributed by atoms with Crippen LogP contribution in [0.2, 0.25) is 0 Å². The van der Waals surface area contributed by atoms with E-state index >= 15 is 0 Å². The van der Waals surface area contributed by atoms with Crippen LogP contribution in [0.1, 0.15) is 26.3 Å². The molecule has 0 saturated heterocycles. The molecule has 0 bridgehead atoms. The van der Waals surface area contributed by atoms with Crippen LogP contribution < -0.4 is 9.64 Å². The summed E-state index contributed by atoms with van der Waals surface area (Å²) in [7, 11) is 1.96. The minimum Gasteiger partial charge on any atom is -0.492 e. The number of ether oxygens (including phenoxy) is 1. The van der Waals surface area contributed by atoms with Crippen molar-refractivity contribution in [2.45, 2.75) is 37.7 Å². The van der Waals surface area contributed by atoms with Gasteiger partial charge < -0.3 is 14.1 Å². The normalized spacial score (nSPS) is 12.3. The van der Waals surface area contributed by atoms with Gasteiger partial charge >= 0.3 is 0 Å². The fourth-order valence-corrected chi connectivity index (χ4v) is 4.20. The Labute approximate surface area is 178 Å². The second kappa shape index (κ2) is 9.88. The van der Waals surface area contributed by atoms with Gasteiger partial charge in [-0.2, -0.15) is 16.7 Å². The summed E-state index contributed by atoms with van der Waals surface area (Å²) in [6.45, 7) is 12.0. The molecule has 0 saturated carbocycles. The molecule has 3 aromatic rings. The lowest BCUT2D eigenvalue weighted by Gasteiger charge is -2.19. The first-order valence-electron chi connectivity index (χ1n) is 10.0. The first kappa shape index (κ1) is 21.3. The lowest BCUT2D eigenvalue weighted by molar-refractivity contribution is 0.323. The van der Waals surface area contributed by atoms with Gasteiger partial charge in [-0.05, 0) is 48.4 Å². The van der Waals surface area contributed by atoms with E-state index in [9.17, 15) is 0 Å². The van der Waals surface area contributed by atoms with Crippen molar-refractivity contribution in [2.75, 3.05) is 25.1 Å². The van der Waals surface area contributed by atoms with Gasteiger partial charge in [0.15, 0.2) is 5.58 Å². The van der Waals surface area contributed by atoms with Crippen LogP contribution in [0.5, 0.6) is 5.75 Å². The van der Waals surface area contributed by atoms with Crippen molar-refractivity contribution in [1.82, 2.24) is 4.98 Å². The van der Waals surface area contributed by atoms with Crippen molar-refractivity contribution in [3.8, 4) is 5.75 Å². The Balaban J connectivity index is 1.50. The quantitative estimate of drug-likeness (QED) is 0.385. The number of para-hydroxylation sites is 2. The Morgan fingerprint density at radius 2 is 1.90 bits per heavy atom. The number of likely N-dealkylation sites (N-methyl/N-ethyl adjacent to an activating group) is 1. The molecule has 0 N–H and O–H groups in total. The highest BCUT2D eigenvalue weighted by molar-refractivity contribution is 8.00. The molecule has 0 aliphatic carbocycles. The zero-order valence-corrected chi connectivity index (χ0v) is 18.5. The average Bonchev–Trinajstić information content (AvgIpc) is 3.12. The van der Waals surface area contributed by atoms with Gasteiger partial charge in [-0.15, -0.1) is 0 Å². The maximum absolute atomic E-state index is 5.91. The van der Waals surface area contributed by atoms with E-state index in [-0.39, 0.29) is 0 Å². The summed E-state index contributed by atoms with van der Waals surface area (Å²) in [5.74, 6) is 0.878. The van der Waals surface area contributed by atoms with Crippen LogP contribution in [-0.2, 0) is 6.42 Å². The van der Waals surface area contributed by atoms with Crippen LogP contribution in [0.25, 0.3) is 11.1 Å². The Morgan fingerprint density at radius 3 is 2.55 bits per heavy atom. The maximum atomic E-state index is 5.91. The molecular weight excluding hydrogens is 380 g/mol. The minimum absolute atomic E-state index is 0.451.